The van der Waals surface area contributed by atoms with Gasteiger partial charge in [-0.2, -0.15) is 0 Å². The predicted molar refractivity (Wildman–Crippen MR) is 116 cm³/mol. The highest BCUT2D eigenvalue weighted by Gasteiger charge is 2.30. The van der Waals surface area contributed by atoms with E-state index in [-0.39, 0.29) is 11.3 Å². The molecule has 1 aliphatic carbocycles. The van der Waals surface area contributed by atoms with Crippen molar-refractivity contribution in [3.63, 3.8) is 0 Å². The molecule has 1 amide bonds. The van der Waals surface area contributed by atoms with Gasteiger partial charge in [-0.25, -0.2) is 4.98 Å². The molecule has 0 radical (unpaired) electrons. The molecule has 30 heavy (non-hydrogen) atoms. The first-order chi connectivity index (χ1) is 14.4. The summed E-state index contributed by atoms with van der Waals surface area (Å²) in [5.74, 6) is 0.113. The maximum absolute atomic E-state index is 13.3. The lowest BCUT2D eigenvalue weighted by Crippen LogP contribution is -2.13. The number of anilines is 1. The largest absolute Gasteiger partial charge is 0.335 e. The Balaban J connectivity index is 1.58. The van der Waals surface area contributed by atoms with E-state index in [1.807, 2.05) is 36.4 Å². The van der Waals surface area contributed by atoms with E-state index >= 15 is 0 Å². The molecule has 0 atom stereocenters. The second-order valence-electron chi connectivity index (χ2n) is 8.56. The third-order valence-corrected chi connectivity index (χ3v) is 6.31. The highest BCUT2D eigenvalue weighted by molar-refractivity contribution is 7.15. The minimum atomic E-state index is -0.263. The minimum absolute atomic E-state index is 0.126. The van der Waals surface area contributed by atoms with Crippen molar-refractivity contribution in [3.05, 3.63) is 52.7 Å². The molecular formula is C22H21N5O2S. The monoisotopic (exact) mass is 419 g/mol. The number of hydrogen-bond acceptors (Lipinski definition) is 7. The van der Waals surface area contributed by atoms with Crippen molar-refractivity contribution in [1.29, 1.82) is 0 Å². The lowest BCUT2D eigenvalue weighted by Gasteiger charge is -2.12. The molecule has 0 saturated heterocycles. The van der Waals surface area contributed by atoms with Crippen molar-refractivity contribution in [3.8, 4) is 11.3 Å². The number of fused-ring (bicyclic) bond motifs is 1. The van der Waals surface area contributed by atoms with E-state index in [1.165, 1.54) is 11.3 Å². The molecular weight excluding hydrogens is 398 g/mol. The van der Waals surface area contributed by atoms with Crippen molar-refractivity contribution in [2.45, 2.75) is 44.9 Å². The molecule has 1 fully saturated rings. The zero-order valence-electron chi connectivity index (χ0n) is 17.0. The van der Waals surface area contributed by atoms with Crippen LogP contribution in [0.3, 0.4) is 0 Å². The van der Waals surface area contributed by atoms with Crippen LogP contribution in [0.5, 0.6) is 0 Å². The second kappa shape index (κ2) is 6.98. The van der Waals surface area contributed by atoms with Crippen molar-refractivity contribution in [2.24, 2.45) is 0 Å². The molecule has 5 rings (SSSR count). The van der Waals surface area contributed by atoms with E-state index < -0.39 is 0 Å². The number of pyridine rings is 1. The summed E-state index contributed by atoms with van der Waals surface area (Å²) in [4.78, 5) is 17.9. The van der Waals surface area contributed by atoms with Gasteiger partial charge in [0.05, 0.1) is 10.9 Å². The van der Waals surface area contributed by atoms with Crippen LogP contribution < -0.4 is 5.32 Å². The summed E-state index contributed by atoms with van der Waals surface area (Å²) in [5.41, 5.74) is 3.11. The Morgan fingerprint density at radius 3 is 2.60 bits per heavy atom. The topological polar surface area (TPSA) is 93.8 Å². The van der Waals surface area contributed by atoms with E-state index in [1.54, 1.807) is 0 Å². The molecule has 1 saturated carbocycles. The van der Waals surface area contributed by atoms with E-state index in [9.17, 15) is 4.79 Å². The summed E-state index contributed by atoms with van der Waals surface area (Å²) in [7, 11) is 0. The number of aromatic nitrogens is 4. The van der Waals surface area contributed by atoms with Crippen LogP contribution in [0.25, 0.3) is 22.4 Å². The first-order valence-corrected chi connectivity index (χ1v) is 10.7. The molecule has 8 heteroatoms. The molecule has 3 heterocycles. The summed E-state index contributed by atoms with van der Waals surface area (Å²) >= 11 is 1.38. The van der Waals surface area contributed by atoms with Crippen LogP contribution in [0.4, 0.5) is 5.13 Å². The zero-order valence-corrected chi connectivity index (χ0v) is 17.8. The third-order valence-electron chi connectivity index (χ3n) is 5.04. The van der Waals surface area contributed by atoms with Gasteiger partial charge in [0.25, 0.3) is 11.6 Å². The van der Waals surface area contributed by atoms with E-state index in [2.05, 4.69) is 46.4 Å². The predicted octanol–water partition coefficient (Wildman–Crippen LogP) is 5.17. The Bertz CT molecular complexity index is 1240. The molecule has 3 aromatic heterocycles. The summed E-state index contributed by atoms with van der Waals surface area (Å²) in [6.07, 6.45) is 2.15. The number of benzene rings is 1. The van der Waals surface area contributed by atoms with Gasteiger partial charge in [-0.1, -0.05) is 67.6 Å². The highest BCUT2D eigenvalue weighted by Crippen LogP contribution is 2.41. The van der Waals surface area contributed by atoms with Gasteiger partial charge in [0.1, 0.15) is 10.7 Å². The van der Waals surface area contributed by atoms with Gasteiger partial charge in [-0.3, -0.25) is 10.1 Å². The van der Waals surface area contributed by atoms with Crippen LogP contribution in [0.2, 0.25) is 0 Å². The summed E-state index contributed by atoms with van der Waals surface area (Å²) < 4.78 is 5.55. The summed E-state index contributed by atoms with van der Waals surface area (Å²) in [6, 6.07) is 11.5. The number of hydrogen-bond donors (Lipinski definition) is 1. The van der Waals surface area contributed by atoms with E-state index in [4.69, 9.17) is 4.52 Å². The Morgan fingerprint density at radius 1 is 1.17 bits per heavy atom. The number of rotatable bonds is 4. The molecule has 0 aliphatic heterocycles. The molecule has 0 bridgehead atoms. The van der Waals surface area contributed by atoms with Gasteiger partial charge < -0.3 is 4.52 Å². The average Bonchev–Trinajstić information content (AvgIpc) is 3.31. The van der Waals surface area contributed by atoms with Crippen LogP contribution >= 0.6 is 11.3 Å². The van der Waals surface area contributed by atoms with Crippen molar-refractivity contribution < 1.29 is 9.32 Å². The number of nitrogens with one attached hydrogen (secondary N) is 1. The number of amides is 1. The van der Waals surface area contributed by atoms with Gasteiger partial charge >= 0.3 is 0 Å². The Kier molecular flexibility index (Phi) is 4.39. The number of carbonyl (C=O) groups is 1. The van der Waals surface area contributed by atoms with Crippen molar-refractivity contribution >= 4 is 33.5 Å². The Hall–Kier alpha value is -3.13. The van der Waals surface area contributed by atoms with Gasteiger partial charge in [0.15, 0.2) is 0 Å². The molecule has 0 spiro atoms. The lowest BCUT2D eigenvalue weighted by molar-refractivity contribution is 0.102. The van der Waals surface area contributed by atoms with Crippen LogP contribution in [-0.2, 0) is 5.41 Å². The Morgan fingerprint density at radius 2 is 1.93 bits per heavy atom. The maximum Gasteiger partial charge on any atom is 0.259 e. The lowest BCUT2D eigenvalue weighted by atomic mass is 9.98. The van der Waals surface area contributed by atoms with Gasteiger partial charge in [-0.15, -0.1) is 10.2 Å². The van der Waals surface area contributed by atoms with E-state index in [0.717, 1.165) is 29.1 Å². The minimum Gasteiger partial charge on any atom is -0.335 e. The molecule has 1 N–H and O–H groups in total. The quantitative estimate of drug-likeness (QED) is 0.490. The molecule has 152 valence electrons. The third kappa shape index (κ3) is 3.47. The van der Waals surface area contributed by atoms with Crippen molar-refractivity contribution in [1.82, 2.24) is 20.3 Å². The highest BCUT2D eigenvalue weighted by atomic mass is 32.1. The molecule has 4 aromatic rings. The smallest absolute Gasteiger partial charge is 0.259 e. The first kappa shape index (κ1) is 18.9. The van der Waals surface area contributed by atoms with Gasteiger partial charge in [0.2, 0.25) is 5.13 Å². The molecule has 7 nitrogen and oxygen atoms in total. The molecule has 1 aromatic carbocycles. The standard InChI is InChI=1S/C22H21N5O2S/c1-22(2,3)20-25-26-21(30-20)24-18(28)14-11-15(12-9-10-12)23-19-16(14)17(27-29-19)13-7-5-4-6-8-13/h4-8,11-12H,9-10H2,1-3H3,(H,24,26,28). The second-order valence-corrected chi connectivity index (χ2v) is 9.54. The number of carbonyl (C=O) groups excluding carboxylic acids is 1. The molecule has 0 unspecified atom stereocenters. The van der Waals surface area contributed by atoms with Crippen LogP contribution in [0.15, 0.2) is 40.9 Å². The first-order valence-electron chi connectivity index (χ1n) is 9.91. The van der Waals surface area contributed by atoms with Crippen LogP contribution in [-0.4, -0.2) is 26.2 Å². The average molecular weight is 420 g/mol. The van der Waals surface area contributed by atoms with Crippen LogP contribution in [0.1, 0.15) is 60.6 Å². The summed E-state index contributed by atoms with van der Waals surface area (Å²) in [5, 5.41) is 17.5. The van der Waals surface area contributed by atoms with Gasteiger partial charge in [-0.05, 0) is 18.9 Å². The SMILES string of the molecule is CC(C)(C)c1nnc(NC(=O)c2cc(C3CC3)nc3onc(-c4ccccc4)c23)s1. The fraction of sp³-hybridized carbons (Fsp3) is 0.318. The zero-order chi connectivity index (χ0) is 20.9. The number of nitrogens with zero attached hydrogens (tertiary/aromatic N) is 4. The van der Waals surface area contributed by atoms with Gasteiger partial charge in [0, 0.05) is 22.6 Å². The van der Waals surface area contributed by atoms with E-state index in [0.29, 0.717) is 33.4 Å². The Labute approximate surface area is 177 Å². The maximum atomic E-state index is 13.3. The summed E-state index contributed by atoms with van der Waals surface area (Å²) in [6.45, 7) is 6.20. The fourth-order valence-electron chi connectivity index (χ4n) is 3.27. The van der Waals surface area contributed by atoms with Crippen LogP contribution in [0, 0.1) is 0 Å². The molecule has 1 aliphatic rings. The fourth-order valence-corrected chi connectivity index (χ4v) is 4.07. The normalized spacial score (nSPS) is 14.2. The van der Waals surface area contributed by atoms with Crippen molar-refractivity contribution in [2.75, 3.05) is 5.32 Å².